The summed E-state index contributed by atoms with van der Waals surface area (Å²) in [5.74, 6) is -0.152. The maximum atomic E-state index is 12.9. The van der Waals surface area contributed by atoms with E-state index in [1.165, 1.54) is 5.56 Å². The molecule has 0 radical (unpaired) electrons. The van der Waals surface area contributed by atoms with Crippen LogP contribution in [0.1, 0.15) is 40.0 Å². The van der Waals surface area contributed by atoms with Crippen molar-refractivity contribution in [2.75, 3.05) is 26.3 Å². The number of carbonyl (C=O) groups is 1. The number of nitrogens with zero attached hydrogens (tertiary/aromatic N) is 2. The summed E-state index contributed by atoms with van der Waals surface area (Å²) < 4.78 is 5.43. The number of benzene rings is 3. The highest BCUT2D eigenvalue weighted by Gasteiger charge is 2.15. The first-order chi connectivity index (χ1) is 17.6. The van der Waals surface area contributed by atoms with Crippen molar-refractivity contribution in [3.8, 4) is 5.88 Å². The molecule has 0 spiro atoms. The first kappa shape index (κ1) is 23.8. The van der Waals surface area contributed by atoms with E-state index >= 15 is 0 Å². The topological polar surface area (TPSA) is 90.0 Å². The third kappa shape index (κ3) is 5.48. The number of nitrogens with one attached hydrogen (secondary N) is 2. The Hall–Kier alpha value is -3.94. The van der Waals surface area contributed by atoms with Gasteiger partial charge in [0.1, 0.15) is 0 Å². The summed E-state index contributed by atoms with van der Waals surface area (Å²) in [6.07, 6.45) is 1.65. The molecule has 3 aromatic carbocycles. The molecule has 5 rings (SSSR count). The summed E-state index contributed by atoms with van der Waals surface area (Å²) >= 11 is 0. The normalized spacial score (nSPS) is 15.4. The van der Waals surface area contributed by atoms with E-state index in [9.17, 15) is 9.90 Å². The van der Waals surface area contributed by atoms with Crippen LogP contribution < -0.4 is 5.32 Å². The third-order valence-electron chi connectivity index (χ3n) is 6.49. The average Bonchev–Trinajstić information content (AvgIpc) is 3.22. The zero-order valence-electron chi connectivity index (χ0n) is 20.3. The smallest absolute Gasteiger partial charge is 0.251 e. The first-order valence-corrected chi connectivity index (χ1v) is 12.2. The van der Waals surface area contributed by atoms with Gasteiger partial charge in [-0.25, -0.2) is 0 Å². The average molecular weight is 483 g/mol. The molecular weight excluding hydrogens is 452 g/mol. The SMILES string of the molecule is C[C@H](NC(=O)c1ccc2[nH]c(O)c(C=Nc3cccc(CN4CCOCC4)c3)c2c1)c1ccccc1. The highest BCUT2D eigenvalue weighted by Crippen LogP contribution is 2.28. The fourth-order valence-electron chi connectivity index (χ4n) is 4.47. The molecule has 1 aliphatic rings. The van der Waals surface area contributed by atoms with E-state index in [0.29, 0.717) is 11.1 Å². The first-order valence-electron chi connectivity index (χ1n) is 12.2. The van der Waals surface area contributed by atoms with Crippen molar-refractivity contribution in [3.63, 3.8) is 0 Å². The van der Waals surface area contributed by atoms with Gasteiger partial charge in [-0.05, 0) is 48.4 Å². The molecule has 1 atom stereocenters. The van der Waals surface area contributed by atoms with Crippen LogP contribution in [0.5, 0.6) is 5.88 Å². The van der Waals surface area contributed by atoms with Crippen molar-refractivity contribution in [2.24, 2.45) is 4.99 Å². The fraction of sp³-hybridized carbons (Fsp3) is 0.241. The van der Waals surface area contributed by atoms with Crippen molar-refractivity contribution in [2.45, 2.75) is 19.5 Å². The Bertz CT molecular complexity index is 1370. The number of aromatic nitrogens is 1. The standard InChI is InChI=1S/C29H30N4O3/c1-20(22-7-3-2-4-8-22)31-28(34)23-10-11-27-25(17-23)26(29(35)32-27)18-30-24-9-5-6-21(16-24)19-33-12-14-36-15-13-33/h2-11,16-18,20,32,35H,12-15,19H2,1H3,(H,31,34)/t20-/m0/s1. The van der Waals surface area contributed by atoms with Crippen LogP contribution in [0.4, 0.5) is 5.69 Å². The number of fused-ring (bicyclic) bond motifs is 1. The van der Waals surface area contributed by atoms with Gasteiger partial charge in [0.25, 0.3) is 5.91 Å². The number of hydrogen-bond acceptors (Lipinski definition) is 5. The van der Waals surface area contributed by atoms with Gasteiger partial charge < -0.3 is 20.1 Å². The number of aliphatic imine (C=N–C) groups is 1. The second-order valence-corrected chi connectivity index (χ2v) is 9.07. The second kappa shape index (κ2) is 10.8. The predicted octanol–water partition coefficient (Wildman–Crippen LogP) is 4.95. The van der Waals surface area contributed by atoms with Gasteiger partial charge in [-0.2, -0.15) is 0 Å². The third-order valence-corrected chi connectivity index (χ3v) is 6.49. The van der Waals surface area contributed by atoms with E-state index < -0.39 is 0 Å². The van der Waals surface area contributed by atoms with E-state index in [1.54, 1.807) is 24.4 Å². The highest BCUT2D eigenvalue weighted by atomic mass is 16.5. The summed E-state index contributed by atoms with van der Waals surface area (Å²) in [6.45, 7) is 6.20. The van der Waals surface area contributed by atoms with E-state index in [4.69, 9.17) is 4.74 Å². The van der Waals surface area contributed by atoms with Crippen LogP contribution in [0.2, 0.25) is 0 Å². The lowest BCUT2D eigenvalue weighted by Crippen LogP contribution is -2.35. The van der Waals surface area contributed by atoms with E-state index in [1.807, 2.05) is 49.4 Å². The summed E-state index contributed by atoms with van der Waals surface area (Å²) in [4.78, 5) is 22.9. The van der Waals surface area contributed by atoms with Gasteiger partial charge in [0.15, 0.2) is 5.88 Å². The molecule has 1 saturated heterocycles. The number of rotatable bonds is 7. The quantitative estimate of drug-likeness (QED) is 0.325. The molecular formula is C29H30N4O3. The highest BCUT2D eigenvalue weighted by molar-refractivity contribution is 6.06. The van der Waals surface area contributed by atoms with Crippen LogP contribution in [-0.4, -0.2) is 53.4 Å². The van der Waals surface area contributed by atoms with Crippen LogP contribution in [0.3, 0.4) is 0 Å². The number of aromatic hydroxyl groups is 1. The van der Waals surface area contributed by atoms with E-state index in [2.05, 4.69) is 32.3 Å². The number of carbonyl (C=O) groups excluding carboxylic acids is 1. The van der Waals surface area contributed by atoms with Crippen molar-refractivity contribution in [3.05, 3.63) is 95.1 Å². The molecule has 3 N–H and O–H groups in total. The molecule has 0 bridgehead atoms. The largest absolute Gasteiger partial charge is 0.494 e. The predicted molar refractivity (Wildman–Crippen MR) is 142 cm³/mol. The molecule has 4 aromatic rings. The van der Waals surface area contributed by atoms with Gasteiger partial charge >= 0.3 is 0 Å². The number of H-pyrrole nitrogens is 1. The summed E-state index contributed by atoms with van der Waals surface area (Å²) in [5, 5.41) is 14.3. The molecule has 2 heterocycles. The van der Waals surface area contributed by atoms with Crippen molar-refractivity contribution < 1.29 is 14.6 Å². The molecule has 1 amide bonds. The van der Waals surface area contributed by atoms with Gasteiger partial charge in [-0.15, -0.1) is 0 Å². The van der Waals surface area contributed by atoms with Crippen LogP contribution in [-0.2, 0) is 11.3 Å². The van der Waals surface area contributed by atoms with Crippen LogP contribution in [0, 0.1) is 0 Å². The van der Waals surface area contributed by atoms with Gasteiger partial charge in [0.05, 0.1) is 30.5 Å². The molecule has 184 valence electrons. The zero-order valence-corrected chi connectivity index (χ0v) is 20.3. The maximum Gasteiger partial charge on any atom is 0.251 e. The van der Waals surface area contributed by atoms with Gasteiger partial charge in [0, 0.05) is 42.3 Å². The molecule has 0 aliphatic carbocycles. The van der Waals surface area contributed by atoms with E-state index in [0.717, 1.165) is 55.0 Å². The number of amides is 1. The molecule has 0 saturated carbocycles. The maximum absolute atomic E-state index is 12.9. The summed E-state index contributed by atoms with van der Waals surface area (Å²) in [7, 11) is 0. The lowest BCUT2D eigenvalue weighted by Gasteiger charge is -2.26. The van der Waals surface area contributed by atoms with Gasteiger partial charge in [-0.1, -0.05) is 42.5 Å². The monoisotopic (exact) mass is 482 g/mol. The number of morpholine rings is 1. The minimum atomic E-state index is -0.173. The Morgan fingerprint density at radius 1 is 1.11 bits per heavy atom. The van der Waals surface area contributed by atoms with Crippen molar-refractivity contribution in [1.29, 1.82) is 0 Å². The van der Waals surface area contributed by atoms with Gasteiger partial charge in [-0.3, -0.25) is 14.7 Å². The molecule has 7 heteroatoms. The Morgan fingerprint density at radius 3 is 2.72 bits per heavy atom. The molecule has 0 unspecified atom stereocenters. The Morgan fingerprint density at radius 2 is 1.92 bits per heavy atom. The molecule has 1 fully saturated rings. The Labute approximate surface area is 210 Å². The lowest BCUT2D eigenvalue weighted by molar-refractivity contribution is 0.0342. The Kier molecular flexibility index (Phi) is 7.11. The lowest BCUT2D eigenvalue weighted by atomic mass is 10.1. The molecule has 7 nitrogen and oxygen atoms in total. The molecule has 1 aromatic heterocycles. The van der Waals surface area contributed by atoms with Crippen LogP contribution in [0.25, 0.3) is 10.9 Å². The van der Waals surface area contributed by atoms with Crippen molar-refractivity contribution >= 4 is 28.7 Å². The number of aromatic amines is 1. The second-order valence-electron chi connectivity index (χ2n) is 9.07. The van der Waals surface area contributed by atoms with E-state index in [-0.39, 0.29) is 17.8 Å². The zero-order chi connectivity index (χ0) is 24.9. The fourth-order valence-corrected chi connectivity index (χ4v) is 4.47. The van der Waals surface area contributed by atoms with Gasteiger partial charge in [0.2, 0.25) is 0 Å². The number of hydrogen-bond donors (Lipinski definition) is 3. The Balaban J connectivity index is 1.34. The van der Waals surface area contributed by atoms with Crippen LogP contribution >= 0.6 is 0 Å². The minimum absolute atomic E-state index is 0.0217. The molecule has 1 aliphatic heterocycles. The van der Waals surface area contributed by atoms with Crippen molar-refractivity contribution in [1.82, 2.24) is 15.2 Å². The summed E-state index contributed by atoms with van der Waals surface area (Å²) in [5.41, 5.74) is 4.83. The van der Waals surface area contributed by atoms with Crippen LogP contribution in [0.15, 0.2) is 77.8 Å². The minimum Gasteiger partial charge on any atom is -0.494 e. The number of ether oxygens (including phenoxy) is 1. The molecule has 36 heavy (non-hydrogen) atoms. The summed E-state index contributed by atoms with van der Waals surface area (Å²) in [6, 6.07) is 23.1.